The summed E-state index contributed by atoms with van der Waals surface area (Å²) < 4.78 is 5.87. The van der Waals surface area contributed by atoms with Crippen LogP contribution in [0.2, 0.25) is 0 Å². The predicted molar refractivity (Wildman–Crippen MR) is 78.7 cm³/mol. The quantitative estimate of drug-likeness (QED) is 0.841. The van der Waals surface area contributed by atoms with Crippen LogP contribution in [0.5, 0.6) is 0 Å². The minimum Gasteiger partial charge on any atom is -0.376 e. The number of hydrogen-bond acceptors (Lipinski definition) is 3. The van der Waals surface area contributed by atoms with Crippen LogP contribution < -0.4 is 5.32 Å². The number of carbonyl (C=O) groups is 1. The summed E-state index contributed by atoms with van der Waals surface area (Å²) in [6.45, 7) is 5.29. The van der Waals surface area contributed by atoms with Crippen LogP contribution >= 0.6 is 0 Å². The van der Waals surface area contributed by atoms with Gasteiger partial charge in [0.05, 0.1) is 18.3 Å². The Labute approximate surface area is 120 Å². The molecule has 4 heteroatoms. The summed E-state index contributed by atoms with van der Waals surface area (Å²) in [6, 6.07) is 3.64. The van der Waals surface area contributed by atoms with Crippen molar-refractivity contribution in [2.75, 3.05) is 13.2 Å². The summed E-state index contributed by atoms with van der Waals surface area (Å²) in [5.74, 6) is 0.554. The molecule has 1 aliphatic carbocycles. The Morgan fingerprint density at radius 1 is 1.40 bits per heavy atom. The van der Waals surface area contributed by atoms with Gasteiger partial charge < -0.3 is 10.1 Å². The first-order valence-electron chi connectivity index (χ1n) is 7.49. The molecule has 1 aromatic heterocycles. The lowest BCUT2D eigenvalue weighted by atomic mass is 9.88. The van der Waals surface area contributed by atoms with Gasteiger partial charge >= 0.3 is 0 Å². The normalized spacial score (nSPS) is 22.5. The number of amides is 1. The minimum absolute atomic E-state index is 0.0854. The van der Waals surface area contributed by atoms with Crippen molar-refractivity contribution < 1.29 is 9.53 Å². The molecule has 1 aliphatic rings. The van der Waals surface area contributed by atoms with Crippen molar-refractivity contribution in [3.05, 3.63) is 29.6 Å². The number of aromatic nitrogens is 1. The van der Waals surface area contributed by atoms with Crippen molar-refractivity contribution in [2.45, 2.75) is 45.6 Å². The summed E-state index contributed by atoms with van der Waals surface area (Å²) in [5, 5.41) is 2.87. The molecular weight excluding hydrogens is 252 g/mol. The molecule has 0 saturated heterocycles. The predicted octanol–water partition coefficient (Wildman–Crippen LogP) is 2.72. The van der Waals surface area contributed by atoms with Gasteiger partial charge in [-0.1, -0.05) is 19.8 Å². The van der Waals surface area contributed by atoms with Gasteiger partial charge in [0.15, 0.2) is 0 Å². The highest BCUT2D eigenvalue weighted by Gasteiger charge is 2.21. The van der Waals surface area contributed by atoms with Gasteiger partial charge in [-0.15, -0.1) is 0 Å². The van der Waals surface area contributed by atoms with E-state index >= 15 is 0 Å². The van der Waals surface area contributed by atoms with E-state index in [1.54, 1.807) is 12.3 Å². The molecule has 1 amide bonds. The Kier molecular flexibility index (Phi) is 5.53. The van der Waals surface area contributed by atoms with Crippen LogP contribution in [-0.2, 0) is 4.74 Å². The van der Waals surface area contributed by atoms with Crippen molar-refractivity contribution in [1.82, 2.24) is 10.3 Å². The smallest absolute Gasteiger partial charge is 0.252 e. The molecule has 0 spiro atoms. The van der Waals surface area contributed by atoms with E-state index in [0.717, 1.165) is 12.1 Å². The Balaban J connectivity index is 1.67. The van der Waals surface area contributed by atoms with Gasteiger partial charge in [-0.3, -0.25) is 9.78 Å². The lowest BCUT2D eigenvalue weighted by molar-refractivity contribution is -0.00294. The molecule has 0 aromatic carbocycles. The maximum atomic E-state index is 11.9. The van der Waals surface area contributed by atoms with Crippen LogP contribution in [0.1, 0.15) is 48.7 Å². The second-order valence-corrected chi connectivity index (χ2v) is 5.62. The monoisotopic (exact) mass is 276 g/mol. The molecule has 0 unspecified atom stereocenters. The number of carbonyl (C=O) groups excluding carboxylic acids is 1. The van der Waals surface area contributed by atoms with Gasteiger partial charge in [0, 0.05) is 18.4 Å². The molecule has 0 radical (unpaired) electrons. The molecule has 0 bridgehead atoms. The number of nitrogens with zero attached hydrogens (tertiary/aromatic N) is 1. The third-order valence-electron chi connectivity index (χ3n) is 3.93. The number of pyridine rings is 1. The van der Waals surface area contributed by atoms with E-state index in [2.05, 4.69) is 17.2 Å². The first-order chi connectivity index (χ1) is 9.66. The third-order valence-corrected chi connectivity index (χ3v) is 3.93. The zero-order valence-corrected chi connectivity index (χ0v) is 12.4. The van der Waals surface area contributed by atoms with Gasteiger partial charge in [-0.25, -0.2) is 0 Å². The molecule has 1 N–H and O–H groups in total. The van der Waals surface area contributed by atoms with Gasteiger partial charge in [0.25, 0.3) is 5.91 Å². The first-order valence-corrected chi connectivity index (χ1v) is 7.49. The molecule has 1 saturated carbocycles. The SMILES string of the molecule is Cc1ccc(C(=O)NCCO[C@H]2CCCC[C@@H]2C)cn1. The fourth-order valence-corrected chi connectivity index (χ4v) is 2.61. The van der Waals surface area contributed by atoms with E-state index < -0.39 is 0 Å². The Bertz CT molecular complexity index is 431. The van der Waals surface area contributed by atoms with E-state index in [0.29, 0.717) is 30.7 Å². The third kappa shape index (κ3) is 4.30. The maximum absolute atomic E-state index is 11.9. The Morgan fingerprint density at radius 3 is 2.90 bits per heavy atom. The largest absolute Gasteiger partial charge is 0.376 e. The van der Waals surface area contributed by atoms with Crippen LogP contribution in [-0.4, -0.2) is 30.1 Å². The lowest BCUT2D eigenvalue weighted by Crippen LogP contribution is -2.31. The van der Waals surface area contributed by atoms with Gasteiger partial charge in [0.1, 0.15) is 0 Å². The minimum atomic E-state index is -0.0854. The van der Waals surface area contributed by atoms with Crippen LogP contribution in [0.15, 0.2) is 18.3 Å². The van der Waals surface area contributed by atoms with Crippen LogP contribution in [0.4, 0.5) is 0 Å². The van der Waals surface area contributed by atoms with Gasteiger partial charge in [-0.05, 0) is 37.8 Å². The highest BCUT2D eigenvalue weighted by molar-refractivity contribution is 5.93. The summed E-state index contributed by atoms with van der Waals surface area (Å²) in [7, 11) is 0. The highest BCUT2D eigenvalue weighted by Crippen LogP contribution is 2.25. The summed E-state index contributed by atoms with van der Waals surface area (Å²) in [4.78, 5) is 16.0. The first kappa shape index (κ1) is 15.0. The molecule has 110 valence electrons. The molecule has 20 heavy (non-hydrogen) atoms. The van der Waals surface area contributed by atoms with Gasteiger partial charge in [-0.2, -0.15) is 0 Å². The second-order valence-electron chi connectivity index (χ2n) is 5.62. The molecule has 4 nitrogen and oxygen atoms in total. The van der Waals surface area contributed by atoms with Crippen LogP contribution in [0, 0.1) is 12.8 Å². The van der Waals surface area contributed by atoms with Crippen molar-refractivity contribution in [3.8, 4) is 0 Å². The van der Waals surface area contributed by atoms with Crippen LogP contribution in [0.25, 0.3) is 0 Å². The number of rotatable bonds is 5. The number of aryl methyl sites for hydroxylation is 1. The zero-order valence-electron chi connectivity index (χ0n) is 12.4. The van der Waals surface area contributed by atoms with Crippen molar-refractivity contribution in [2.24, 2.45) is 5.92 Å². The zero-order chi connectivity index (χ0) is 14.4. The molecule has 0 aliphatic heterocycles. The summed E-state index contributed by atoms with van der Waals surface area (Å²) in [6.07, 6.45) is 6.95. The van der Waals surface area contributed by atoms with Crippen molar-refractivity contribution in [1.29, 1.82) is 0 Å². The average molecular weight is 276 g/mol. The Hall–Kier alpha value is -1.42. The van der Waals surface area contributed by atoms with E-state index in [1.165, 1.54) is 19.3 Å². The van der Waals surface area contributed by atoms with E-state index in [1.807, 2.05) is 13.0 Å². The maximum Gasteiger partial charge on any atom is 0.252 e. The fourth-order valence-electron chi connectivity index (χ4n) is 2.61. The average Bonchev–Trinajstić information content (AvgIpc) is 2.46. The van der Waals surface area contributed by atoms with E-state index in [9.17, 15) is 4.79 Å². The molecular formula is C16H24N2O2. The number of hydrogen-bond donors (Lipinski definition) is 1. The number of nitrogens with one attached hydrogen (secondary N) is 1. The standard InChI is InChI=1S/C16H24N2O2/c1-12-5-3-4-6-15(12)20-10-9-17-16(19)14-8-7-13(2)18-11-14/h7-8,11-12,15H,3-6,9-10H2,1-2H3,(H,17,19)/t12-,15-/m0/s1. The summed E-state index contributed by atoms with van der Waals surface area (Å²) in [5.41, 5.74) is 1.51. The molecule has 1 fully saturated rings. The van der Waals surface area contributed by atoms with Crippen molar-refractivity contribution >= 4 is 5.91 Å². The topological polar surface area (TPSA) is 51.2 Å². The van der Waals surface area contributed by atoms with Crippen molar-refractivity contribution in [3.63, 3.8) is 0 Å². The van der Waals surface area contributed by atoms with Crippen LogP contribution in [0.3, 0.4) is 0 Å². The number of ether oxygens (including phenoxy) is 1. The molecule has 1 aromatic rings. The molecule has 2 rings (SSSR count). The highest BCUT2D eigenvalue weighted by atomic mass is 16.5. The summed E-state index contributed by atoms with van der Waals surface area (Å²) >= 11 is 0. The molecule has 1 heterocycles. The van der Waals surface area contributed by atoms with E-state index in [4.69, 9.17) is 4.74 Å². The van der Waals surface area contributed by atoms with Gasteiger partial charge in [0.2, 0.25) is 0 Å². The second kappa shape index (κ2) is 7.39. The molecule has 2 atom stereocenters. The lowest BCUT2D eigenvalue weighted by Gasteiger charge is -2.28. The van der Waals surface area contributed by atoms with E-state index in [-0.39, 0.29) is 5.91 Å². The fraction of sp³-hybridized carbons (Fsp3) is 0.625. The Morgan fingerprint density at radius 2 is 2.20 bits per heavy atom.